The van der Waals surface area contributed by atoms with Crippen molar-refractivity contribution >= 4 is 45.4 Å². The highest BCUT2D eigenvalue weighted by molar-refractivity contribution is 7.71. The third-order valence-electron chi connectivity index (χ3n) is 4.19. The molecule has 3 aromatic rings. The number of nitrogens with one attached hydrogen (secondary N) is 1. The zero-order valence-corrected chi connectivity index (χ0v) is 15.6. The first-order valence-electron chi connectivity index (χ1n) is 7.55. The molecule has 0 saturated carbocycles. The molecule has 0 saturated heterocycles. The van der Waals surface area contributed by atoms with E-state index in [1.807, 2.05) is 26.0 Å². The Labute approximate surface area is 152 Å². The molecule has 1 N–H and O–H groups in total. The molecule has 124 valence electrons. The molecule has 7 heteroatoms. The van der Waals surface area contributed by atoms with E-state index in [1.165, 1.54) is 4.57 Å². The van der Waals surface area contributed by atoms with Gasteiger partial charge in [-0.25, -0.2) is 0 Å². The van der Waals surface area contributed by atoms with Gasteiger partial charge in [-0.15, -0.1) is 11.3 Å². The zero-order chi connectivity index (χ0) is 17.1. The van der Waals surface area contributed by atoms with Crippen LogP contribution in [0.15, 0.2) is 29.1 Å². The monoisotopic (exact) mass is 378 g/mol. The van der Waals surface area contributed by atoms with Crippen LogP contribution in [0.25, 0.3) is 15.9 Å². The van der Waals surface area contributed by atoms with Crippen LogP contribution < -0.4 is 5.56 Å². The highest BCUT2D eigenvalue weighted by Crippen LogP contribution is 2.36. The number of hydrogen-bond acceptors (Lipinski definition) is 4. The second-order valence-electron chi connectivity index (χ2n) is 6.48. The van der Waals surface area contributed by atoms with Crippen LogP contribution in [0.3, 0.4) is 0 Å². The molecule has 24 heavy (non-hydrogen) atoms. The molecule has 1 aromatic carbocycles. The lowest BCUT2D eigenvalue weighted by Gasteiger charge is -2.29. The average molecular weight is 379 g/mol. The molecule has 0 amide bonds. The van der Waals surface area contributed by atoms with Gasteiger partial charge in [-0.3, -0.25) is 9.36 Å². The Kier molecular flexibility index (Phi) is 3.69. The molecular formula is C17H15ClN2O2S2. The normalized spacial score (nSPS) is 16.3. The van der Waals surface area contributed by atoms with E-state index in [0.717, 1.165) is 15.3 Å². The maximum absolute atomic E-state index is 13.2. The van der Waals surface area contributed by atoms with Gasteiger partial charge in [-0.05, 0) is 49.8 Å². The van der Waals surface area contributed by atoms with E-state index < -0.39 is 0 Å². The Morgan fingerprint density at radius 3 is 2.96 bits per heavy atom. The number of nitrogens with zero attached hydrogens (tertiary/aromatic N) is 1. The van der Waals surface area contributed by atoms with E-state index in [0.29, 0.717) is 33.9 Å². The number of fused-ring (bicyclic) bond motifs is 3. The largest absolute Gasteiger partial charge is 0.370 e. The van der Waals surface area contributed by atoms with Crippen LogP contribution in [-0.2, 0) is 17.8 Å². The van der Waals surface area contributed by atoms with Crippen LogP contribution in [0.5, 0.6) is 0 Å². The van der Waals surface area contributed by atoms with Crippen molar-refractivity contribution in [3.63, 3.8) is 0 Å². The zero-order valence-electron chi connectivity index (χ0n) is 13.2. The van der Waals surface area contributed by atoms with Gasteiger partial charge in [-0.1, -0.05) is 17.7 Å². The van der Waals surface area contributed by atoms with E-state index in [4.69, 9.17) is 28.6 Å². The number of H-pyrrole nitrogens is 1. The lowest BCUT2D eigenvalue weighted by atomic mass is 9.94. The first-order valence-corrected chi connectivity index (χ1v) is 9.15. The van der Waals surface area contributed by atoms with Gasteiger partial charge in [0.2, 0.25) is 0 Å². The van der Waals surface area contributed by atoms with Gasteiger partial charge in [-0.2, -0.15) is 0 Å². The van der Waals surface area contributed by atoms with Crippen molar-refractivity contribution in [2.75, 3.05) is 0 Å². The molecule has 4 rings (SSSR count). The molecule has 0 bridgehead atoms. The van der Waals surface area contributed by atoms with Gasteiger partial charge in [0.05, 0.1) is 23.3 Å². The quantitative estimate of drug-likeness (QED) is 0.629. The molecule has 0 unspecified atom stereocenters. The van der Waals surface area contributed by atoms with Gasteiger partial charge < -0.3 is 9.72 Å². The van der Waals surface area contributed by atoms with Crippen LogP contribution >= 0.6 is 35.2 Å². The minimum absolute atomic E-state index is 0.105. The SMILES string of the molecule is CC1(C)Cc2c(sc3[nH]c(=S)n(-c4cccc(Cl)c4)c(=O)c23)CO1. The first-order chi connectivity index (χ1) is 11.4. The highest BCUT2D eigenvalue weighted by Gasteiger charge is 2.30. The van der Waals surface area contributed by atoms with Gasteiger partial charge in [0.15, 0.2) is 4.77 Å². The maximum atomic E-state index is 13.2. The fraction of sp³-hybridized carbons (Fsp3) is 0.294. The number of hydrogen-bond donors (Lipinski definition) is 1. The van der Waals surface area contributed by atoms with E-state index in [-0.39, 0.29) is 11.2 Å². The average Bonchev–Trinajstić information content (AvgIpc) is 2.83. The molecule has 0 atom stereocenters. The number of thiophene rings is 1. The molecule has 2 aromatic heterocycles. The molecule has 1 aliphatic heterocycles. The van der Waals surface area contributed by atoms with Crippen LogP contribution in [-0.4, -0.2) is 15.2 Å². The molecule has 0 fully saturated rings. The van der Waals surface area contributed by atoms with Crippen molar-refractivity contribution < 1.29 is 4.74 Å². The van der Waals surface area contributed by atoms with Crippen LogP contribution in [0.4, 0.5) is 0 Å². The Morgan fingerprint density at radius 2 is 2.21 bits per heavy atom. The topological polar surface area (TPSA) is 47.0 Å². The molecule has 0 radical (unpaired) electrons. The summed E-state index contributed by atoms with van der Waals surface area (Å²) in [6.07, 6.45) is 0.706. The second kappa shape index (κ2) is 5.52. The van der Waals surface area contributed by atoms with Gasteiger partial charge in [0.1, 0.15) is 4.83 Å². The number of halogens is 1. The summed E-state index contributed by atoms with van der Waals surface area (Å²) in [5.41, 5.74) is 1.35. The van der Waals surface area contributed by atoms with Gasteiger partial charge >= 0.3 is 0 Å². The fourth-order valence-electron chi connectivity index (χ4n) is 3.07. The lowest BCUT2D eigenvalue weighted by molar-refractivity contribution is -0.0379. The highest BCUT2D eigenvalue weighted by atomic mass is 35.5. The summed E-state index contributed by atoms with van der Waals surface area (Å²) in [5, 5.41) is 1.27. The number of ether oxygens (including phenoxy) is 1. The van der Waals surface area contributed by atoms with E-state index >= 15 is 0 Å². The predicted octanol–water partition coefficient (Wildman–Crippen LogP) is 4.61. The van der Waals surface area contributed by atoms with E-state index in [9.17, 15) is 4.79 Å². The van der Waals surface area contributed by atoms with Crippen molar-refractivity contribution in [3.05, 3.63) is 54.9 Å². The van der Waals surface area contributed by atoms with Crippen molar-refractivity contribution in [1.82, 2.24) is 9.55 Å². The molecule has 0 spiro atoms. The minimum Gasteiger partial charge on any atom is -0.370 e. The van der Waals surface area contributed by atoms with Crippen LogP contribution in [0.2, 0.25) is 5.02 Å². The Balaban J connectivity index is 2.04. The summed E-state index contributed by atoms with van der Waals surface area (Å²) >= 11 is 13.0. The van der Waals surface area contributed by atoms with Crippen LogP contribution in [0, 0.1) is 4.77 Å². The smallest absolute Gasteiger partial charge is 0.267 e. The summed E-state index contributed by atoms with van der Waals surface area (Å²) in [6, 6.07) is 7.15. The molecule has 4 nitrogen and oxygen atoms in total. The molecule has 0 aliphatic carbocycles. The number of rotatable bonds is 1. The number of aromatic nitrogens is 2. The molecule has 1 aliphatic rings. The summed E-state index contributed by atoms with van der Waals surface area (Å²) < 4.78 is 7.75. The fourth-order valence-corrected chi connectivity index (χ4v) is 4.74. The lowest BCUT2D eigenvalue weighted by Crippen LogP contribution is -2.32. The van der Waals surface area contributed by atoms with Crippen molar-refractivity contribution in [2.45, 2.75) is 32.5 Å². The van der Waals surface area contributed by atoms with Crippen molar-refractivity contribution in [1.29, 1.82) is 0 Å². The Morgan fingerprint density at radius 1 is 1.42 bits per heavy atom. The van der Waals surface area contributed by atoms with E-state index in [2.05, 4.69) is 4.98 Å². The molecular weight excluding hydrogens is 364 g/mol. The minimum atomic E-state index is -0.277. The first kappa shape index (κ1) is 16.0. The third-order valence-corrected chi connectivity index (χ3v) is 5.83. The molecule has 3 heterocycles. The number of benzene rings is 1. The van der Waals surface area contributed by atoms with Gasteiger partial charge in [0.25, 0.3) is 5.56 Å². The standard InChI is InChI=1S/C17H15ClN2O2S2/c1-17(2)7-11-12(8-22-17)24-14-13(11)15(21)20(16(23)19-14)10-5-3-4-9(18)6-10/h3-6H,7-8H2,1-2H3,(H,19,23). The maximum Gasteiger partial charge on any atom is 0.267 e. The van der Waals surface area contributed by atoms with E-state index in [1.54, 1.807) is 23.5 Å². The third kappa shape index (κ3) is 2.54. The summed E-state index contributed by atoms with van der Waals surface area (Å²) in [6.45, 7) is 4.61. The Bertz CT molecular complexity index is 1080. The Hall–Kier alpha value is -1.47. The summed E-state index contributed by atoms with van der Waals surface area (Å²) in [5.74, 6) is 0. The van der Waals surface area contributed by atoms with Crippen molar-refractivity contribution in [2.24, 2.45) is 0 Å². The summed E-state index contributed by atoms with van der Waals surface area (Å²) in [7, 11) is 0. The second-order valence-corrected chi connectivity index (χ2v) is 8.41. The number of aromatic amines is 1. The van der Waals surface area contributed by atoms with Crippen molar-refractivity contribution in [3.8, 4) is 5.69 Å². The predicted molar refractivity (Wildman–Crippen MR) is 100 cm³/mol. The van der Waals surface area contributed by atoms with Crippen LogP contribution in [0.1, 0.15) is 24.3 Å². The summed E-state index contributed by atoms with van der Waals surface area (Å²) in [4.78, 5) is 18.3. The van der Waals surface area contributed by atoms with Gasteiger partial charge in [0, 0.05) is 16.3 Å².